The Morgan fingerprint density at radius 2 is 2.27 bits per heavy atom. The molecule has 1 aromatic rings. The predicted octanol–water partition coefficient (Wildman–Crippen LogP) is 1.54. The van der Waals surface area contributed by atoms with Crippen molar-refractivity contribution in [3.8, 4) is 0 Å². The van der Waals surface area contributed by atoms with Gasteiger partial charge in [0.25, 0.3) is 6.43 Å². The molecule has 0 saturated carbocycles. The number of nitrogens with zero attached hydrogens (tertiary/aromatic N) is 1. The summed E-state index contributed by atoms with van der Waals surface area (Å²) < 4.78 is 24.7. The first kappa shape index (κ1) is 11.4. The van der Waals surface area contributed by atoms with E-state index in [4.69, 9.17) is 10.8 Å². The Labute approximate surface area is 84.7 Å². The van der Waals surface area contributed by atoms with Gasteiger partial charge in [-0.25, -0.2) is 13.8 Å². The number of carboxylic acid groups (broad SMARTS) is 1. The second kappa shape index (κ2) is 4.20. The van der Waals surface area contributed by atoms with Crippen molar-refractivity contribution in [3.05, 3.63) is 23.0 Å². The van der Waals surface area contributed by atoms with E-state index in [0.717, 1.165) is 0 Å². The van der Waals surface area contributed by atoms with Gasteiger partial charge in [-0.05, 0) is 18.6 Å². The van der Waals surface area contributed by atoms with Crippen LogP contribution in [-0.2, 0) is 11.2 Å². The summed E-state index contributed by atoms with van der Waals surface area (Å²) in [5, 5.41) is 8.54. The maximum Gasteiger partial charge on any atom is 0.307 e. The third-order valence-corrected chi connectivity index (χ3v) is 1.93. The molecule has 6 heteroatoms. The first-order valence-electron chi connectivity index (χ1n) is 4.17. The van der Waals surface area contributed by atoms with Crippen LogP contribution in [-0.4, -0.2) is 16.1 Å². The number of aliphatic carboxylic acids is 1. The SMILES string of the molecule is Cc1nc(C(F)F)c(N)cc1CC(=O)O. The molecule has 4 nitrogen and oxygen atoms in total. The normalized spacial score (nSPS) is 10.7. The van der Waals surface area contributed by atoms with Crippen molar-refractivity contribution >= 4 is 11.7 Å². The fourth-order valence-electron chi connectivity index (χ4n) is 1.20. The number of hydrogen-bond acceptors (Lipinski definition) is 3. The summed E-state index contributed by atoms with van der Waals surface area (Å²) in [7, 11) is 0. The molecule has 0 aromatic carbocycles. The van der Waals surface area contributed by atoms with Gasteiger partial charge in [-0.3, -0.25) is 4.79 Å². The summed E-state index contributed by atoms with van der Waals surface area (Å²) in [6.45, 7) is 1.48. The lowest BCUT2D eigenvalue weighted by Crippen LogP contribution is -2.07. The monoisotopic (exact) mass is 216 g/mol. The summed E-state index contributed by atoms with van der Waals surface area (Å²) in [6, 6.07) is 1.23. The number of carbonyl (C=O) groups is 1. The Balaban J connectivity index is 3.13. The van der Waals surface area contributed by atoms with Crippen LogP contribution in [0.5, 0.6) is 0 Å². The average molecular weight is 216 g/mol. The quantitative estimate of drug-likeness (QED) is 0.803. The Kier molecular flexibility index (Phi) is 3.18. The molecule has 0 saturated heterocycles. The highest BCUT2D eigenvalue weighted by Crippen LogP contribution is 2.25. The number of aryl methyl sites for hydroxylation is 1. The molecule has 0 unspecified atom stereocenters. The number of aromatic nitrogens is 1. The molecule has 1 heterocycles. The zero-order valence-corrected chi connectivity index (χ0v) is 8.00. The van der Waals surface area contributed by atoms with Crippen molar-refractivity contribution < 1.29 is 18.7 Å². The fraction of sp³-hybridized carbons (Fsp3) is 0.333. The lowest BCUT2D eigenvalue weighted by atomic mass is 10.1. The molecule has 0 radical (unpaired) electrons. The smallest absolute Gasteiger partial charge is 0.307 e. The van der Waals surface area contributed by atoms with Crippen LogP contribution in [0.1, 0.15) is 23.4 Å². The van der Waals surface area contributed by atoms with Crippen LogP contribution in [0, 0.1) is 6.92 Å². The van der Waals surface area contributed by atoms with Crippen LogP contribution >= 0.6 is 0 Å². The molecule has 0 bridgehead atoms. The van der Waals surface area contributed by atoms with E-state index in [0.29, 0.717) is 5.56 Å². The highest BCUT2D eigenvalue weighted by molar-refractivity contribution is 5.71. The minimum atomic E-state index is -2.75. The van der Waals surface area contributed by atoms with Gasteiger partial charge in [-0.1, -0.05) is 0 Å². The topological polar surface area (TPSA) is 76.2 Å². The van der Waals surface area contributed by atoms with Gasteiger partial charge in [-0.15, -0.1) is 0 Å². The highest BCUT2D eigenvalue weighted by Gasteiger charge is 2.16. The summed E-state index contributed by atoms with van der Waals surface area (Å²) >= 11 is 0. The third-order valence-electron chi connectivity index (χ3n) is 1.93. The number of carboxylic acids is 1. The molecule has 0 fully saturated rings. The molecule has 0 aliphatic heterocycles. The number of pyridine rings is 1. The molecule has 0 aliphatic carbocycles. The van der Waals surface area contributed by atoms with Crippen molar-refractivity contribution in [1.29, 1.82) is 0 Å². The van der Waals surface area contributed by atoms with E-state index < -0.39 is 18.1 Å². The minimum Gasteiger partial charge on any atom is -0.481 e. The second-order valence-electron chi connectivity index (χ2n) is 3.08. The van der Waals surface area contributed by atoms with Crippen molar-refractivity contribution in [1.82, 2.24) is 4.98 Å². The van der Waals surface area contributed by atoms with Gasteiger partial charge >= 0.3 is 5.97 Å². The van der Waals surface area contributed by atoms with E-state index in [-0.39, 0.29) is 17.8 Å². The summed E-state index contributed by atoms with van der Waals surface area (Å²) in [6.07, 6.45) is -3.02. The van der Waals surface area contributed by atoms with Crippen LogP contribution in [0.2, 0.25) is 0 Å². The molecule has 1 rings (SSSR count). The molecular formula is C9H10F2N2O2. The molecule has 0 aliphatic rings. The van der Waals surface area contributed by atoms with Crippen molar-refractivity contribution in [2.24, 2.45) is 0 Å². The Hall–Kier alpha value is -1.72. The molecule has 3 N–H and O–H groups in total. The molecular weight excluding hydrogens is 206 g/mol. The van der Waals surface area contributed by atoms with Gasteiger partial charge in [0.2, 0.25) is 0 Å². The van der Waals surface area contributed by atoms with Gasteiger partial charge in [-0.2, -0.15) is 0 Å². The highest BCUT2D eigenvalue weighted by atomic mass is 19.3. The van der Waals surface area contributed by atoms with E-state index in [2.05, 4.69) is 4.98 Å². The lowest BCUT2D eigenvalue weighted by molar-refractivity contribution is -0.136. The van der Waals surface area contributed by atoms with Gasteiger partial charge in [0.15, 0.2) is 0 Å². The Morgan fingerprint density at radius 3 is 2.73 bits per heavy atom. The van der Waals surface area contributed by atoms with Crippen molar-refractivity contribution in [2.75, 3.05) is 5.73 Å². The summed E-state index contributed by atoms with van der Waals surface area (Å²) in [5.74, 6) is -1.05. The number of rotatable bonds is 3. The largest absolute Gasteiger partial charge is 0.481 e. The van der Waals surface area contributed by atoms with E-state index in [1.54, 1.807) is 0 Å². The maximum absolute atomic E-state index is 12.3. The average Bonchev–Trinajstić information content (AvgIpc) is 2.09. The number of halogens is 2. The van der Waals surface area contributed by atoms with Gasteiger partial charge in [0.05, 0.1) is 12.1 Å². The predicted molar refractivity (Wildman–Crippen MR) is 49.7 cm³/mol. The molecule has 1 aromatic heterocycles. The first-order chi connectivity index (χ1) is 6.91. The van der Waals surface area contributed by atoms with Crippen LogP contribution in [0.3, 0.4) is 0 Å². The van der Waals surface area contributed by atoms with E-state index in [1.165, 1.54) is 13.0 Å². The zero-order chi connectivity index (χ0) is 11.6. The first-order valence-corrected chi connectivity index (χ1v) is 4.17. The molecule has 0 atom stereocenters. The second-order valence-corrected chi connectivity index (χ2v) is 3.08. The van der Waals surface area contributed by atoms with E-state index >= 15 is 0 Å². The third kappa shape index (κ3) is 2.61. The van der Waals surface area contributed by atoms with E-state index in [9.17, 15) is 13.6 Å². The van der Waals surface area contributed by atoms with Crippen LogP contribution in [0.15, 0.2) is 6.07 Å². The number of anilines is 1. The number of nitrogens with two attached hydrogens (primary N) is 1. The van der Waals surface area contributed by atoms with Crippen LogP contribution < -0.4 is 5.73 Å². The fourth-order valence-corrected chi connectivity index (χ4v) is 1.20. The summed E-state index contributed by atoms with van der Waals surface area (Å²) in [4.78, 5) is 14.0. The molecule has 15 heavy (non-hydrogen) atoms. The summed E-state index contributed by atoms with van der Waals surface area (Å²) in [5.41, 5.74) is 5.28. The number of nitrogen functional groups attached to an aromatic ring is 1. The number of hydrogen-bond donors (Lipinski definition) is 2. The Bertz CT molecular complexity index is 394. The van der Waals surface area contributed by atoms with Gasteiger partial charge in [0.1, 0.15) is 5.69 Å². The zero-order valence-electron chi connectivity index (χ0n) is 8.00. The van der Waals surface area contributed by atoms with Gasteiger partial charge in [0, 0.05) is 5.69 Å². The van der Waals surface area contributed by atoms with Crippen LogP contribution in [0.4, 0.5) is 14.5 Å². The van der Waals surface area contributed by atoms with Crippen molar-refractivity contribution in [2.45, 2.75) is 19.8 Å². The van der Waals surface area contributed by atoms with Crippen LogP contribution in [0.25, 0.3) is 0 Å². The van der Waals surface area contributed by atoms with Gasteiger partial charge < -0.3 is 10.8 Å². The molecule has 0 spiro atoms. The minimum absolute atomic E-state index is 0.174. The van der Waals surface area contributed by atoms with E-state index in [1.807, 2.05) is 0 Å². The molecule has 0 amide bonds. The van der Waals surface area contributed by atoms with Crippen molar-refractivity contribution in [3.63, 3.8) is 0 Å². The standard InChI is InChI=1S/C9H10F2N2O2/c1-4-5(3-7(14)15)2-6(12)8(13-4)9(10)11/h2,9H,3,12H2,1H3,(H,14,15). The Morgan fingerprint density at radius 1 is 1.67 bits per heavy atom. The lowest BCUT2D eigenvalue weighted by Gasteiger charge is -2.08. The molecule has 82 valence electrons. The number of alkyl halides is 2. The maximum atomic E-state index is 12.3.